The highest BCUT2D eigenvalue weighted by atomic mass is 32.4. The summed E-state index contributed by atoms with van der Waals surface area (Å²) in [6.45, 7) is 1.23. The molecule has 0 saturated heterocycles. The molecule has 84 valence electrons. The van der Waals surface area contributed by atoms with E-state index in [1.165, 1.54) is 0 Å². The summed E-state index contributed by atoms with van der Waals surface area (Å²) < 4.78 is 0. The number of nitrogens with two attached hydrogens (primary N) is 2. The van der Waals surface area contributed by atoms with Crippen LogP contribution in [0.1, 0.15) is 19.8 Å². The molecule has 0 aromatic rings. The predicted molar refractivity (Wildman–Crippen MR) is 69.3 cm³/mol. The van der Waals surface area contributed by atoms with Gasteiger partial charge in [0.2, 0.25) is 0 Å². The molecule has 14 heavy (non-hydrogen) atoms. The van der Waals surface area contributed by atoms with Crippen LogP contribution in [0.2, 0.25) is 0 Å². The van der Waals surface area contributed by atoms with Crippen molar-refractivity contribution in [1.82, 2.24) is 15.5 Å². The lowest BCUT2D eigenvalue weighted by Gasteiger charge is -2.19. The molecule has 1 unspecified atom stereocenters. The molecule has 7 N–H and O–H groups in total. The van der Waals surface area contributed by atoms with Gasteiger partial charge in [0.25, 0.3) is 0 Å². The number of rotatable bonds is 7. The summed E-state index contributed by atoms with van der Waals surface area (Å²) in [5.41, 5.74) is 11.1. The Hall–Kier alpha value is 0.220. The normalized spacial score (nSPS) is 14.7. The molecule has 8 heteroatoms. The largest absolute Gasteiger partial charge is 0.376 e. The van der Waals surface area contributed by atoms with Crippen LogP contribution >= 0.6 is 18.7 Å². The van der Waals surface area contributed by atoms with Crippen LogP contribution in [0.3, 0.4) is 0 Å². The van der Waals surface area contributed by atoms with Gasteiger partial charge in [0.1, 0.15) is 6.49 Å². The molecule has 0 aliphatic carbocycles. The van der Waals surface area contributed by atoms with Gasteiger partial charge in [0.05, 0.1) is 6.67 Å². The Balaban J connectivity index is 3.61. The van der Waals surface area contributed by atoms with Crippen molar-refractivity contribution >= 4 is 35.6 Å². The van der Waals surface area contributed by atoms with E-state index in [0.717, 1.165) is 19.4 Å². The minimum absolute atomic E-state index is 0.237. The minimum atomic E-state index is -2.12. The molecule has 0 aromatic carbocycles. The van der Waals surface area contributed by atoms with Crippen LogP contribution in [0.25, 0.3) is 0 Å². The molecular formula is C6H18N5PS2. The van der Waals surface area contributed by atoms with Gasteiger partial charge >= 0.3 is 0 Å². The lowest BCUT2D eigenvalue weighted by Crippen LogP contribution is -2.39. The van der Waals surface area contributed by atoms with E-state index in [2.05, 4.69) is 34.6 Å². The number of hydrogen-bond donors (Lipinski definition) is 5. The Morgan fingerprint density at radius 1 is 1.43 bits per heavy atom. The molecule has 0 radical (unpaired) electrons. The van der Waals surface area contributed by atoms with Crippen molar-refractivity contribution in [2.24, 2.45) is 11.2 Å². The second kappa shape index (κ2) is 7.50. The fraction of sp³-hybridized carbons (Fsp3) is 0.833. The van der Waals surface area contributed by atoms with Crippen molar-refractivity contribution in [2.75, 3.05) is 13.2 Å². The van der Waals surface area contributed by atoms with Crippen molar-refractivity contribution in [3.05, 3.63) is 0 Å². The van der Waals surface area contributed by atoms with Gasteiger partial charge in [-0.25, -0.2) is 5.09 Å². The Labute approximate surface area is 95.5 Å². The maximum absolute atomic E-state index is 5.82. The topological polar surface area (TPSA) is 88.1 Å². The van der Waals surface area contributed by atoms with E-state index in [4.69, 9.17) is 23.0 Å². The number of unbranched alkanes of at least 4 members (excludes halogenated alkanes) is 1. The molecular weight excluding hydrogens is 237 g/mol. The number of hydrogen-bond acceptors (Lipinski definition) is 2. The summed E-state index contributed by atoms with van der Waals surface area (Å²) >= 11 is 9.79. The van der Waals surface area contributed by atoms with E-state index in [1.807, 2.05) is 0 Å². The minimum Gasteiger partial charge on any atom is -0.376 e. The molecule has 0 fully saturated rings. The van der Waals surface area contributed by atoms with Crippen LogP contribution in [0.5, 0.6) is 0 Å². The zero-order valence-electron chi connectivity index (χ0n) is 8.25. The molecule has 5 nitrogen and oxygen atoms in total. The third-order valence-corrected chi connectivity index (χ3v) is 3.69. The molecule has 0 aliphatic heterocycles. The second-order valence-electron chi connectivity index (χ2n) is 2.80. The average molecular weight is 255 g/mol. The summed E-state index contributed by atoms with van der Waals surface area (Å²) in [5, 5.41) is 9.03. The highest BCUT2D eigenvalue weighted by Gasteiger charge is 2.07. The van der Waals surface area contributed by atoms with Gasteiger partial charge in [-0.1, -0.05) is 13.3 Å². The standard InChI is InChI=1S/C6H18N5PS2/c1-2-3-4-10-12(8,14)11-5-9-6(7)13/h2-5H2,1H3,(H3,7,9,13)(H4,8,10,11,14). The molecule has 0 amide bonds. The van der Waals surface area contributed by atoms with Crippen LogP contribution in [0, 0.1) is 0 Å². The van der Waals surface area contributed by atoms with Gasteiger partial charge in [0, 0.05) is 6.54 Å². The second-order valence-corrected chi connectivity index (χ2v) is 6.91. The Bertz CT molecular complexity index is 222. The van der Waals surface area contributed by atoms with Gasteiger partial charge in [0.15, 0.2) is 5.11 Å². The lowest BCUT2D eigenvalue weighted by atomic mass is 10.3. The van der Waals surface area contributed by atoms with Gasteiger partial charge in [-0.05, 0) is 30.4 Å². The van der Waals surface area contributed by atoms with E-state index in [0.29, 0.717) is 6.67 Å². The summed E-state index contributed by atoms with van der Waals surface area (Å²) in [6.07, 6.45) is 2.19. The highest BCUT2D eigenvalue weighted by molar-refractivity contribution is 8.11. The van der Waals surface area contributed by atoms with E-state index in [9.17, 15) is 0 Å². The molecule has 0 bridgehead atoms. The van der Waals surface area contributed by atoms with Crippen LogP contribution < -0.4 is 26.7 Å². The average Bonchev–Trinajstić information content (AvgIpc) is 2.03. The third kappa shape index (κ3) is 8.80. The molecule has 0 heterocycles. The van der Waals surface area contributed by atoms with Crippen LogP contribution in [0.15, 0.2) is 0 Å². The molecule has 0 saturated carbocycles. The van der Waals surface area contributed by atoms with Crippen LogP contribution in [0.4, 0.5) is 0 Å². The van der Waals surface area contributed by atoms with Crippen molar-refractivity contribution in [2.45, 2.75) is 19.8 Å². The Kier molecular flexibility index (Phi) is 7.62. The molecule has 1 atom stereocenters. The van der Waals surface area contributed by atoms with Crippen molar-refractivity contribution in [3.63, 3.8) is 0 Å². The van der Waals surface area contributed by atoms with Gasteiger partial charge in [-0.15, -0.1) is 0 Å². The maximum atomic E-state index is 5.82. The van der Waals surface area contributed by atoms with Crippen molar-refractivity contribution in [3.8, 4) is 0 Å². The maximum Gasteiger partial charge on any atom is 0.164 e. The van der Waals surface area contributed by atoms with Gasteiger partial charge < -0.3 is 11.1 Å². The molecule has 0 aliphatic rings. The Morgan fingerprint density at radius 3 is 2.57 bits per heavy atom. The molecule has 0 aromatic heterocycles. The first kappa shape index (κ1) is 14.2. The third-order valence-electron chi connectivity index (χ3n) is 1.45. The van der Waals surface area contributed by atoms with Crippen LogP contribution in [-0.2, 0) is 11.8 Å². The van der Waals surface area contributed by atoms with E-state index in [-0.39, 0.29) is 5.11 Å². The first-order valence-corrected chi connectivity index (χ1v) is 7.68. The highest BCUT2D eigenvalue weighted by Crippen LogP contribution is 2.23. The molecule has 0 rings (SSSR count). The number of nitrogens with one attached hydrogen (secondary N) is 3. The first-order valence-electron chi connectivity index (χ1n) is 4.40. The van der Waals surface area contributed by atoms with Crippen LogP contribution in [-0.4, -0.2) is 18.3 Å². The quantitative estimate of drug-likeness (QED) is 0.188. The van der Waals surface area contributed by atoms with E-state index >= 15 is 0 Å². The fourth-order valence-electron chi connectivity index (χ4n) is 0.722. The lowest BCUT2D eigenvalue weighted by molar-refractivity contribution is 0.756. The van der Waals surface area contributed by atoms with E-state index in [1.54, 1.807) is 0 Å². The zero-order chi connectivity index (χ0) is 11.0. The summed E-state index contributed by atoms with van der Waals surface area (Å²) in [4.78, 5) is 0. The molecule has 0 spiro atoms. The summed E-state index contributed by atoms with van der Waals surface area (Å²) in [5.74, 6) is 0. The zero-order valence-corrected chi connectivity index (χ0v) is 10.8. The van der Waals surface area contributed by atoms with Gasteiger partial charge in [-0.2, -0.15) is 0 Å². The summed E-state index contributed by atoms with van der Waals surface area (Å²) in [7, 11) is 0. The van der Waals surface area contributed by atoms with Crippen molar-refractivity contribution < 1.29 is 0 Å². The fourth-order valence-corrected chi connectivity index (χ4v) is 2.18. The van der Waals surface area contributed by atoms with E-state index < -0.39 is 6.49 Å². The van der Waals surface area contributed by atoms with Crippen molar-refractivity contribution in [1.29, 1.82) is 0 Å². The first-order chi connectivity index (χ1) is 6.48. The predicted octanol–water partition coefficient (Wildman–Crippen LogP) is -0.0604. The van der Waals surface area contributed by atoms with Gasteiger partial charge in [-0.3, -0.25) is 10.6 Å². The monoisotopic (exact) mass is 255 g/mol. The Morgan fingerprint density at radius 2 is 2.07 bits per heavy atom. The SMILES string of the molecule is CCCCNP(N)(=S)NCNC(N)=S. The number of thiocarbonyl (C=S) groups is 1. The summed E-state index contributed by atoms with van der Waals surface area (Å²) in [6, 6.07) is 0. The smallest absolute Gasteiger partial charge is 0.164 e.